The normalized spacial score (nSPS) is 13.4. The Morgan fingerprint density at radius 3 is 2.29 bits per heavy atom. The molecule has 0 aliphatic rings. The van der Waals surface area contributed by atoms with Crippen LogP contribution in [0.1, 0.15) is 32.8 Å². The highest BCUT2D eigenvalue weighted by Gasteiger charge is 2.25. The van der Waals surface area contributed by atoms with Gasteiger partial charge >= 0.3 is 0 Å². The lowest BCUT2D eigenvalue weighted by Gasteiger charge is -2.28. The minimum Gasteiger partial charge on any atom is -0.258 e. The van der Waals surface area contributed by atoms with E-state index in [1.165, 1.54) is 12.1 Å². The summed E-state index contributed by atoms with van der Waals surface area (Å²) in [5, 5.41) is 10.6. The molecule has 0 amide bonds. The summed E-state index contributed by atoms with van der Waals surface area (Å²) in [7, 11) is 0. The molecule has 0 aliphatic carbocycles. The summed E-state index contributed by atoms with van der Waals surface area (Å²) >= 11 is 6.38. The van der Waals surface area contributed by atoms with E-state index in [1.54, 1.807) is 12.1 Å². The van der Waals surface area contributed by atoms with Crippen molar-refractivity contribution < 1.29 is 4.92 Å². The zero-order chi connectivity index (χ0) is 13.1. The van der Waals surface area contributed by atoms with E-state index in [0.29, 0.717) is 0 Å². The molecule has 0 spiro atoms. The molecule has 17 heavy (non-hydrogen) atoms. The Kier molecular flexibility index (Phi) is 4.52. The van der Waals surface area contributed by atoms with E-state index in [1.807, 2.05) is 0 Å². The Hall–Kier alpha value is -1.09. The van der Waals surface area contributed by atoms with Crippen molar-refractivity contribution in [1.29, 1.82) is 0 Å². The lowest BCUT2D eigenvalue weighted by molar-refractivity contribution is -0.384. The van der Waals surface area contributed by atoms with E-state index in [-0.39, 0.29) is 16.5 Å². The van der Waals surface area contributed by atoms with Gasteiger partial charge in [0.25, 0.3) is 5.69 Å². The summed E-state index contributed by atoms with van der Waals surface area (Å²) in [5.74, 6) is 0. The van der Waals surface area contributed by atoms with Crippen LogP contribution in [0.4, 0.5) is 5.69 Å². The third kappa shape index (κ3) is 3.70. The van der Waals surface area contributed by atoms with Gasteiger partial charge in [0, 0.05) is 17.5 Å². The van der Waals surface area contributed by atoms with Gasteiger partial charge in [0.15, 0.2) is 0 Å². The van der Waals surface area contributed by atoms with Gasteiger partial charge in [-0.15, -0.1) is 11.6 Å². The van der Waals surface area contributed by atoms with Crippen LogP contribution in [-0.2, 0) is 6.42 Å². The molecule has 1 aromatic rings. The third-order valence-corrected chi connectivity index (χ3v) is 4.07. The van der Waals surface area contributed by atoms with E-state index in [2.05, 4.69) is 20.8 Å². The molecule has 0 N–H and O–H groups in total. The zero-order valence-electron chi connectivity index (χ0n) is 10.4. The monoisotopic (exact) mass is 255 g/mol. The van der Waals surface area contributed by atoms with Crippen molar-refractivity contribution in [3.63, 3.8) is 0 Å². The van der Waals surface area contributed by atoms with Gasteiger partial charge < -0.3 is 0 Å². The average Bonchev–Trinajstić information content (AvgIpc) is 2.29. The summed E-state index contributed by atoms with van der Waals surface area (Å²) in [5.41, 5.74) is 1.23. The standard InChI is InChI=1S/C13H18ClNO2/c1-4-13(2,3)12(14)9-10-5-7-11(8-6-10)15(16)17/h5-8,12H,4,9H2,1-3H3. The van der Waals surface area contributed by atoms with Crippen LogP contribution in [0.15, 0.2) is 24.3 Å². The van der Waals surface area contributed by atoms with Gasteiger partial charge in [-0.25, -0.2) is 0 Å². The first-order valence-electron chi connectivity index (χ1n) is 5.74. The first-order valence-corrected chi connectivity index (χ1v) is 6.18. The molecule has 0 radical (unpaired) electrons. The maximum absolute atomic E-state index is 10.5. The molecule has 1 atom stereocenters. The lowest BCUT2D eigenvalue weighted by Crippen LogP contribution is -2.25. The van der Waals surface area contributed by atoms with Crippen LogP contribution >= 0.6 is 11.6 Å². The fourth-order valence-electron chi connectivity index (χ4n) is 1.46. The number of nitro benzene ring substituents is 1. The molecule has 0 aliphatic heterocycles. The molecule has 94 valence electrons. The topological polar surface area (TPSA) is 43.1 Å². The summed E-state index contributed by atoms with van der Waals surface area (Å²) in [6.07, 6.45) is 1.74. The number of nitrogens with zero attached hydrogens (tertiary/aromatic N) is 1. The summed E-state index contributed by atoms with van der Waals surface area (Å²) in [6, 6.07) is 6.61. The molecule has 0 saturated heterocycles. The Bertz CT molecular complexity index is 387. The van der Waals surface area contributed by atoms with Gasteiger partial charge in [-0.1, -0.05) is 32.9 Å². The molecule has 0 aromatic heterocycles. The zero-order valence-corrected chi connectivity index (χ0v) is 11.2. The quantitative estimate of drug-likeness (QED) is 0.450. The fourth-order valence-corrected chi connectivity index (χ4v) is 1.79. The number of benzene rings is 1. The van der Waals surface area contributed by atoms with E-state index in [9.17, 15) is 10.1 Å². The third-order valence-electron chi connectivity index (χ3n) is 3.32. The van der Waals surface area contributed by atoms with Gasteiger partial charge in [0.2, 0.25) is 0 Å². The summed E-state index contributed by atoms with van der Waals surface area (Å²) in [4.78, 5) is 10.1. The van der Waals surface area contributed by atoms with Crippen molar-refractivity contribution >= 4 is 17.3 Å². The van der Waals surface area contributed by atoms with Crippen molar-refractivity contribution in [2.75, 3.05) is 0 Å². The highest BCUT2D eigenvalue weighted by Crippen LogP contribution is 2.31. The molecular weight excluding hydrogens is 238 g/mol. The SMILES string of the molecule is CCC(C)(C)C(Cl)Cc1ccc([N+](=O)[O-])cc1. The van der Waals surface area contributed by atoms with Gasteiger partial charge in [-0.3, -0.25) is 10.1 Å². The maximum atomic E-state index is 10.5. The predicted octanol–water partition coefficient (Wildman–Crippen LogP) is 4.18. The van der Waals surface area contributed by atoms with Gasteiger partial charge in [0.1, 0.15) is 0 Å². The summed E-state index contributed by atoms with van der Waals surface area (Å²) < 4.78 is 0. The molecule has 4 heteroatoms. The van der Waals surface area contributed by atoms with Crippen LogP contribution in [0.2, 0.25) is 0 Å². The maximum Gasteiger partial charge on any atom is 0.269 e. The Labute approximate surface area is 107 Å². The molecule has 1 aromatic carbocycles. The average molecular weight is 256 g/mol. The Morgan fingerprint density at radius 1 is 1.35 bits per heavy atom. The van der Waals surface area contributed by atoms with E-state index >= 15 is 0 Å². The van der Waals surface area contributed by atoms with Crippen LogP contribution in [0.3, 0.4) is 0 Å². The van der Waals surface area contributed by atoms with Crippen molar-refractivity contribution in [2.24, 2.45) is 5.41 Å². The molecule has 0 saturated carbocycles. The van der Waals surface area contributed by atoms with E-state index < -0.39 is 4.92 Å². The molecule has 1 unspecified atom stereocenters. The highest BCUT2D eigenvalue weighted by molar-refractivity contribution is 6.21. The minimum absolute atomic E-state index is 0.0361. The van der Waals surface area contributed by atoms with E-state index in [4.69, 9.17) is 11.6 Å². The van der Waals surface area contributed by atoms with Crippen LogP contribution in [0.25, 0.3) is 0 Å². The van der Waals surface area contributed by atoms with Crippen LogP contribution in [-0.4, -0.2) is 10.3 Å². The molecule has 0 heterocycles. The van der Waals surface area contributed by atoms with E-state index in [0.717, 1.165) is 18.4 Å². The Balaban J connectivity index is 2.73. The number of halogens is 1. The number of hydrogen-bond acceptors (Lipinski definition) is 2. The van der Waals surface area contributed by atoms with Gasteiger partial charge in [-0.2, -0.15) is 0 Å². The van der Waals surface area contributed by atoms with Crippen LogP contribution in [0.5, 0.6) is 0 Å². The smallest absolute Gasteiger partial charge is 0.258 e. The second-order valence-electron chi connectivity index (χ2n) is 4.94. The lowest BCUT2D eigenvalue weighted by atomic mass is 9.83. The number of rotatable bonds is 5. The minimum atomic E-state index is -0.391. The molecular formula is C13H18ClNO2. The fraction of sp³-hybridized carbons (Fsp3) is 0.538. The van der Waals surface area contributed by atoms with Crippen molar-refractivity contribution in [2.45, 2.75) is 39.0 Å². The first kappa shape index (κ1) is 14.0. The molecule has 1 rings (SSSR count). The summed E-state index contributed by atoms with van der Waals surface area (Å²) in [6.45, 7) is 6.39. The molecule has 0 bridgehead atoms. The predicted molar refractivity (Wildman–Crippen MR) is 70.5 cm³/mol. The van der Waals surface area contributed by atoms with Crippen LogP contribution < -0.4 is 0 Å². The molecule has 0 fully saturated rings. The number of hydrogen-bond donors (Lipinski definition) is 0. The van der Waals surface area contributed by atoms with Gasteiger partial charge in [0.05, 0.1) is 4.92 Å². The van der Waals surface area contributed by atoms with Gasteiger partial charge in [-0.05, 0) is 23.8 Å². The van der Waals surface area contributed by atoms with Crippen molar-refractivity contribution in [3.8, 4) is 0 Å². The second kappa shape index (κ2) is 5.50. The van der Waals surface area contributed by atoms with Crippen LogP contribution in [0, 0.1) is 15.5 Å². The molecule has 3 nitrogen and oxygen atoms in total. The number of nitro groups is 1. The van der Waals surface area contributed by atoms with Crippen molar-refractivity contribution in [1.82, 2.24) is 0 Å². The second-order valence-corrected chi connectivity index (χ2v) is 5.46. The Morgan fingerprint density at radius 2 is 1.88 bits per heavy atom. The number of non-ortho nitro benzene ring substituents is 1. The van der Waals surface area contributed by atoms with Crippen molar-refractivity contribution in [3.05, 3.63) is 39.9 Å². The number of alkyl halides is 1. The largest absolute Gasteiger partial charge is 0.269 e. The first-order chi connectivity index (χ1) is 7.86. The highest BCUT2D eigenvalue weighted by atomic mass is 35.5.